The zero-order valence-corrected chi connectivity index (χ0v) is 11.4. The lowest BCUT2D eigenvalue weighted by Gasteiger charge is -2.13. The Labute approximate surface area is 107 Å². The quantitative estimate of drug-likeness (QED) is 0.835. The van der Waals surface area contributed by atoms with Crippen LogP contribution in [-0.4, -0.2) is 35.3 Å². The molecule has 0 aliphatic carbocycles. The minimum absolute atomic E-state index is 0.138. The van der Waals surface area contributed by atoms with E-state index in [4.69, 9.17) is 0 Å². The second-order valence-electron chi connectivity index (χ2n) is 3.49. The standard InChI is InChI=1S/C10H14BrN3O3/c1-6-8(11)4-13-14(6)7(2)10(16)12-5-9(15)17-3/h4,7H,5H2,1-3H3,(H,12,16)/t7-/m0/s1. The van der Waals surface area contributed by atoms with Crippen LogP contribution in [-0.2, 0) is 14.3 Å². The van der Waals surface area contributed by atoms with Crippen molar-refractivity contribution < 1.29 is 14.3 Å². The predicted octanol–water partition coefficient (Wildman–Crippen LogP) is 0.804. The Bertz CT molecular complexity index is 430. The molecule has 0 unspecified atom stereocenters. The minimum Gasteiger partial charge on any atom is -0.468 e. The van der Waals surface area contributed by atoms with Crippen LogP contribution in [0.25, 0.3) is 0 Å². The first-order valence-corrected chi connectivity index (χ1v) is 5.80. The first-order valence-electron chi connectivity index (χ1n) is 5.01. The Balaban J connectivity index is 2.64. The van der Waals surface area contributed by atoms with Crippen molar-refractivity contribution in [2.24, 2.45) is 0 Å². The lowest BCUT2D eigenvalue weighted by atomic mass is 10.3. The van der Waals surface area contributed by atoms with Crippen LogP contribution in [0.1, 0.15) is 18.7 Å². The molecule has 94 valence electrons. The summed E-state index contributed by atoms with van der Waals surface area (Å²) in [4.78, 5) is 22.6. The number of esters is 1. The summed E-state index contributed by atoms with van der Waals surface area (Å²) in [5, 5.41) is 6.55. The molecule has 1 amide bonds. The van der Waals surface area contributed by atoms with Crippen molar-refractivity contribution in [1.82, 2.24) is 15.1 Å². The summed E-state index contributed by atoms with van der Waals surface area (Å²) in [6, 6.07) is -0.481. The van der Waals surface area contributed by atoms with Gasteiger partial charge in [-0.3, -0.25) is 14.3 Å². The molecule has 0 fully saturated rings. The molecular formula is C10H14BrN3O3. The molecule has 1 heterocycles. The van der Waals surface area contributed by atoms with Crippen molar-refractivity contribution >= 4 is 27.8 Å². The second-order valence-corrected chi connectivity index (χ2v) is 4.35. The molecule has 0 aliphatic rings. The van der Waals surface area contributed by atoms with Gasteiger partial charge in [0, 0.05) is 0 Å². The highest BCUT2D eigenvalue weighted by atomic mass is 79.9. The maximum absolute atomic E-state index is 11.7. The molecule has 7 heteroatoms. The van der Waals surface area contributed by atoms with E-state index in [0.717, 1.165) is 10.2 Å². The summed E-state index contributed by atoms with van der Waals surface area (Å²) >= 11 is 3.32. The Morgan fingerprint density at radius 2 is 2.29 bits per heavy atom. The van der Waals surface area contributed by atoms with Crippen molar-refractivity contribution in [1.29, 1.82) is 0 Å². The van der Waals surface area contributed by atoms with E-state index in [1.54, 1.807) is 17.8 Å². The lowest BCUT2D eigenvalue weighted by Crippen LogP contribution is -2.35. The maximum Gasteiger partial charge on any atom is 0.325 e. The van der Waals surface area contributed by atoms with E-state index >= 15 is 0 Å². The predicted molar refractivity (Wildman–Crippen MR) is 64.4 cm³/mol. The monoisotopic (exact) mass is 303 g/mol. The third-order valence-electron chi connectivity index (χ3n) is 2.37. The number of nitrogens with zero attached hydrogens (tertiary/aromatic N) is 2. The van der Waals surface area contributed by atoms with Gasteiger partial charge in [-0.2, -0.15) is 5.10 Å². The highest BCUT2D eigenvalue weighted by molar-refractivity contribution is 9.10. The summed E-state index contributed by atoms with van der Waals surface area (Å²) in [6.45, 7) is 3.42. The molecule has 1 aromatic rings. The minimum atomic E-state index is -0.482. The molecule has 0 radical (unpaired) electrons. The molecule has 0 spiro atoms. The molecule has 6 nitrogen and oxygen atoms in total. The average molecular weight is 304 g/mol. The van der Waals surface area contributed by atoms with Gasteiger partial charge in [-0.15, -0.1) is 0 Å². The van der Waals surface area contributed by atoms with E-state index in [9.17, 15) is 9.59 Å². The number of amides is 1. The molecule has 0 saturated heterocycles. The second kappa shape index (κ2) is 5.81. The number of methoxy groups -OCH3 is 1. The highest BCUT2D eigenvalue weighted by Gasteiger charge is 2.18. The smallest absolute Gasteiger partial charge is 0.325 e. The van der Waals surface area contributed by atoms with Gasteiger partial charge in [0.15, 0.2) is 0 Å². The third kappa shape index (κ3) is 3.29. The van der Waals surface area contributed by atoms with Crippen molar-refractivity contribution in [3.8, 4) is 0 Å². The van der Waals surface area contributed by atoms with Crippen molar-refractivity contribution in [2.75, 3.05) is 13.7 Å². The number of halogens is 1. The van der Waals surface area contributed by atoms with Gasteiger partial charge in [0.05, 0.1) is 23.5 Å². The van der Waals surface area contributed by atoms with Gasteiger partial charge >= 0.3 is 5.97 Å². The van der Waals surface area contributed by atoms with Gasteiger partial charge in [0.1, 0.15) is 12.6 Å². The van der Waals surface area contributed by atoms with E-state index in [-0.39, 0.29) is 12.5 Å². The van der Waals surface area contributed by atoms with Crippen molar-refractivity contribution in [3.05, 3.63) is 16.4 Å². The van der Waals surface area contributed by atoms with Crippen LogP contribution in [0.15, 0.2) is 10.7 Å². The van der Waals surface area contributed by atoms with Crippen LogP contribution in [0.2, 0.25) is 0 Å². The van der Waals surface area contributed by atoms with Crippen LogP contribution in [0, 0.1) is 6.92 Å². The largest absolute Gasteiger partial charge is 0.468 e. The molecule has 1 N–H and O–H groups in total. The number of carbonyl (C=O) groups is 2. The normalized spacial score (nSPS) is 12.0. The number of aromatic nitrogens is 2. The molecule has 0 aliphatic heterocycles. The van der Waals surface area contributed by atoms with Crippen LogP contribution >= 0.6 is 15.9 Å². The number of hydrogen-bond donors (Lipinski definition) is 1. The van der Waals surface area contributed by atoms with E-state index in [1.165, 1.54) is 7.11 Å². The van der Waals surface area contributed by atoms with Crippen molar-refractivity contribution in [3.63, 3.8) is 0 Å². The SMILES string of the molecule is COC(=O)CNC(=O)[C@H](C)n1ncc(Br)c1C. The number of nitrogens with one attached hydrogen (secondary N) is 1. The van der Waals surface area contributed by atoms with Gasteiger partial charge in [-0.05, 0) is 29.8 Å². The molecule has 0 bridgehead atoms. The van der Waals surface area contributed by atoms with Gasteiger partial charge < -0.3 is 10.1 Å². The first-order chi connectivity index (χ1) is 7.97. The molecule has 1 rings (SSSR count). The van der Waals surface area contributed by atoms with E-state index in [0.29, 0.717) is 0 Å². The fourth-order valence-electron chi connectivity index (χ4n) is 1.28. The molecular weight excluding hydrogens is 290 g/mol. The Morgan fingerprint density at radius 3 is 2.76 bits per heavy atom. The van der Waals surface area contributed by atoms with Gasteiger partial charge in [0.2, 0.25) is 5.91 Å². The number of hydrogen-bond acceptors (Lipinski definition) is 4. The summed E-state index contributed by atoms with van der Waals surface area (Å²) in [5.41, 5.74) is 0.853. The average Bonchev–Trinajstić information content (AvgIpc) is 2.65. The fourth-order valence-corrected chi connectivity index (χ4v) is 1.56. The molecule has 0 aromatic carbocycles. The molecule has 0 saturated carbocycles. The first kappa shape index (κ1) is 13.7. The number of ether oxygens (including phenoxy) is 1. The Morgan fingerprint density at radius 1 is 1.65 bits per heavy atom. The maximum atomic E-state index is 11.7. The van der Waals surface area contributed by atoms with Crippen LogP contribution in [0.3, 0.4) is 0 Å². The molecule has 17 heavy (non-hydrogen) atoms. The topological polar surface area (TPSA) is 73.2 Å². The Hall–Kier alpha value is -1.37. The molecule has 1 atom stereocenters. The van der Waals surface area contributed by atoms with Gasteiger partial charge in [-0.1, -0.05) is 0 Å². The van der Waals surface area contributed by atoms with Gasteiger partial charge in [-0.25, -0.2) is 0 Å². The number of carbonyl (C=O) groups excluding carboxylic acids is 2. The van der Waals surface area contributed by atoms with E-state index in [1.807, 2.05) is 6.92 Å². The number of rotatable bonds is 4. The summed E-state index contributed by atoms with van der Waals surface area (Å²) in [7, 11) is 1.27. The highest BCUT2D eigenvalue weighted by Crippen LogP contribution is 2.18. The Kier molecular flexibility index (Phi) is 4.68. The summed E-state index contributed by atoms with van der Waals surface area (Å²) < 4.78 is 6.85. The van der Waals surface area contributed by atoms with Crippen LogP contribution < -0.4 is 5.32 Å². The fraction of sp³-hybridized carbons (Fsp3) is 0.500. The van der Waals surface area contributed by atoms with E-state index in [2.05, 4.69) is 31.1 Å². The molecule has 1 aromatic heterocycles. The van der Waals surface area contributed by atoms with Crippen LogP contribution in [0.5, 0.6) is 0 Å². The third-order valence-corrected chi connectivity index (χ3v) is 3.14. The van der Waals surface area contributed by atoms with Crippen molar-refractivity contribution in [2.45, 2.75) is 19.9 Å². The lowest BCUT2D eigenvalue weighted by molar-refractivity contribution is -0.141. The summed E-state index contributed by atoms with van der Waals surface area (Å²) in [5.74, 6) is -0.766. The zero-order valence-electron chi connectivity index (χ0n) is 9.86. The van der Waals surface area contributed by atoms with Gasteiger partial charge in [0.25, 0.3) is 0 Å². The van der Waals surface area contributed by atoms with Crippen LogP contribution in [0.4, 0.5) is 0 Å². The van der Waals surface area contributed by atoms with E-state index < -0.39 is 12.0 Å². The zero-order chi connectivity index (χ0) is 13.0. The summed E-state index contributed by atoms with van der Waals surface area (Å²) in [6.07, 6.45) is 1.62.